The van der Waals surface area contributed by atoms with Crippen LogP contribution in [0.4, 0.5) is 5.82 Å². The molecular weight excluding hydrogens is 250 g/mol. The molecule has 2 unspecified atom stereocenters. The molecule has 20 heavy (non-hydrogen) atoms. The van der Waals surface area contributed by atoms with Crippen molar-refractivity contribution in [2.24, 2.45) is 5.92 Å². The van der Waals surface area contributed by atoms with Crippen LogP contribution in [0.2, 0.25) is 0 Å². The number of aromatic nitrogens is 1. The summed E-state index contributed by atoms with van der Waals surface area (Å²) in [6, 6.07) is 4.48. The fourth-order valence-electron chi connectivity index (χ4n) is 2.93. The normalized spacial score (nSPS) is 20.8. The first kappa shape index (κ1) is 15.1. The summed E-state index contributed by atoms with van der Waals surface area (Å²) >= 11 is 0. The number of hydrogen-bond acceptors (Lipinski definition) is 4. The molecule has 1 aliphatic rings. The third-order valence-corrected chi connectivity index (χ3v) is 4.15. The minimum Gasteiger partial charge on any atom is -0.493 e. The molecule has 1 saturated heterocycles. The Hall–Kier alpha value is -1.29. The van der Waals surface area contributed by atoms with Gasteiger partial charge in [0.25, 0.3) is 0 Å². The van der Waals surface area contributed by atoms with Crippen molar-refractivity contribution in [2.75, 3.05) is 31.6 Å². The van der Waals surface area contributed by atoms with Crippen LogP contribution in [-0.2, 0) is 0 Å². The molecule has 2 rings (SSSR count). The summed E-state index contributed by atoms with van der Waals surface area (Å²) in [5, 5.41) is 3.62. The first-order chi connectivity index (χ1) is 9.76. The van der Waals surface area contributed by atoms with E-state index in [-0.39, 0.29) is 0 Å². The fraction of sp³-hybridized carbons (Fsp3) is 0.688. The van der Waals surface area contributed by atoms with Gasteiger partial charge in [0.05, 0.1) is 7.11 Å². The lowest BCUT2D eigenvalue weighted by Crippen LogP contribution is -2.45. The van der Waals surface area contributed by atoms with Crippen LogP contribution in [-0.4, -0.2) is 37.8 Å². The smallest absolute Gasteiger partial charge is 0.171 e. The van der Waals surface area contributed by atoms with Crippen molar-refractivity contribution in [3.8, 4) is 5.75 Å². The zero-order valence-corrected chi connectivity index (χ0v) is 12.9. The molecule has 1 N–H and O–H groups in total. The van der Waals surface area contributed by atoms with E-state index < -0.39 is 0 Å². The molecule has 0 radical (unpaired) electrons. The lowest BCUT2D eigenvalue weighted by atomic mass is 9.91. The number of nitrogens with one attached hydrogen (secondary N) is 1. The summed E-state index contributed by atoms with van der Waals surface area (Å²) in [6.07, 6.45) is 5.56. The molecule has 2 atom stereocenters. The van der Waals surface area contributed by atoms with E-state index >= 15 is 0 Å². The molecule has 1 aliphatic heterocycles. The van der Waals surface area contributed by atoms with Crippen molar-refractivity contribution in [3.63, 3.8) is 0 Å². The van der Waals surface area contributed by atoms with Crippen LogP contribution in [0.1, 0.15) is 33.1 Å². The number of pyridine rings is 1. The third kappa shape index (κ3) is 3.63. The Labute approximate surface area is 122 Å². The minimum atomic E-state index is 0.562. The molecule has 1 fully saturated rings. The van der Waals surface area contributed by atoms with Gasteiger partial charge in [0, 0.05) is 25.3 Å². The number of piperidine rings is 1. The number of rotatable bonds is 6. The predicted molar refractivity (Wildman–Crippen MR) is 83.5 cm³/mol. The molecule has 2 heterocycles. The summed E-state index contributed by atoms with van der Waals surface area (Å²) in [6.45, 7) is 7.76. The molecular formula is C16H27N3O. The van der Waals surface area contributed by atoms with Gasteiger partial charge in [-0.3, -0.25) is 0 Å². The van der Waals surface area contributed by atoms with Crippen molar-refractivity contribution >= 4 is 5.82 Å². The van der Waals surface area contributed by atoms with Crippen LogP contribution < -0.4 is 15.0 Å². The lowest BCUT2D eigenvalue weighted by Gasteiger charge is -2.37. The van der Waals surface area contributed by atoms with Crippen LogP contribution in [0, 0.1) is 5.92 Å². The highest BCUT2D eigenvalue weighted by atomic mass is 16.5. The second-order valence-corrected chi connectivity index (χ2v) is 5.62. The van der Waals surface area contributed by atoms with Crippen LogP contribution in [0.5, 0.6) is 5.75 Å². The summed E-state index contributed by atoms with van der Waals surface area (Å²) in [5.41, 5.74) is 0. The molecule has 4 nitrogen and oxygen atoms in total. The SMILES string of the molecule is CCCNC(C)C1CCCN(c2ncccc2OC)C1. The highest BCUT2D eigenvalue weighted by molar-refractivity contribution is 5.52. The van der Waals surface area contributed by atoms with Gasteiger partial charge >= 0.3 is 0 Å². The Kier molecular flexibility index (Phi) is 5.65. The molecule has 0 bridgehead atoms. The lowest BCUT2D eigenvalue weighted by molar-refractivity contribution is 0.317. The van der Waals surface area contributed by atoms with Gasteiger partial charge < -0.3 is 15.0 Å². The summed E-state index contributed by atoms with van der Waals surface area (Å²) in [7, 11) is 1.72. The molecule has 1 aromatic heterocycles. The molecule has 4 heteroatoms. The van der Waals surface area contributed by atoms with Gasteiger partial charge in [-0.2, -0.15) is 0 Å². The summed E-state index contributed by atoms with van der Waals surface area (Å²) in [4.78, 5) is 6.88. The minimum absolute atomic E-state index is 0.562. The van der Waals surface area contributed by atoms with Gasteiger partial charge in [-0.1, -0.05) is 6.92 Å². The van der Waals surface area contributed by atoms with Crippen LogP contribution in [0.3, 0.4) is 0 Å². The molecule has 0 saturated carbocycles. The average Bonchev–Trinajstić information content (AvgIpc) is 2.52. The second-order valence-electron chi connectivity index (χ2n) is 5.62. The van der Waals surface area contributed by atoms with E-state index in [2.05, 4.69) is 29.0 Å². The largest absolute Gasteiger partial charge is 0.493 e. The Morgan fingerprint density at radius 3 is 3.15 bits per heavy atom. The van der Waals surface area contributed by atoms with Gasteiger partial charge in [0.2, 0.25) is 0 Å². The Morgan fingerprint density at radius 1 is 1.55 bits per heavy atom. The molecule has 0 aromatic carbocycles. The zero-order valence-electron chi connectivity index (χ0n) is 12.9. The molecule has 112 valence electrons. The fourth-order valence-corrected chi connectivity index (χ4v) is 2.93. The van der Waals surface area contributed by atoms with E-state index in [4.69, 9.17) is 4.74 Å². The maximum Gasteiger partial charge on any atom is 0.171 e. The number of ether oxygens (including phenoxy) is 1. The van der Waals surface area contributed by atoms with Crippen molar-refractivity contribution < 1.29 is 4.74 Å². The van der Waals surface area contributed by atoms with E-state index in [1.165, 1.54) is 19.3 Å². The number of nitrogens with zero attached hydrogens (tertiary/aromatic N) is 2. The van der Waals surface area contributed by atoms with Crippen LogP contribution in [0.15, 0.2) is 18.3 Å². The third-order valence-electron chi connectivity index (χ3n) is 4.15. The van der Waals surface area contributed by atoms with E-state index in [9.17, 15) is 0 Å². The number of anilines is 1. The maximum absolute atomic E-state index is 5.44. The Morgan fingerprint density at radius 2 is 2.40 bits per heavy atom. The number of methoxy groups -OCH3 is 1. The first-order valence-corrected chi connectivity index (χ1v) is 7.73. The highest BCUT2D eigenvalue weighted by Gasteiger charge is 2.26. The van der Waals surface area contributed by atoms with E-state index in [0.29, 0.717) is 12.0 Å². The Balaban J connectivity index is 2.02. The first-order valence-electron chi connectivity index (χ1n) is 7.73. The van der Waals surface area contributed by atoms with Gasteiger partial charge in [0.1, 0.15) is 0 Å². The Bertz CT molecular complexity index is 410. The van der Waals surface area contributed by atoms with Gasteiger partial charge in [-0.15, -0.1) is 0 Å². The molecule has 0 spiro atoms. The van der Waals surface area contributed by atoms with Crippen molar-refractivity contribution in [2.45, 2.75) is 39.2 Å². The average molecular weight is 277 g/mol. The highest BCUT2D eigenvalue weighted by Crippen LogP contribution is 2.30. The zero-order chi connectivity index (χ0) is 14.4. The van der Waals surface area contributed by atoms with Crippen LogP contribution in [0.25, 0.3) is 0 Å². The van der Waals surface area contributed by atoms with Crippen molar-refractivity contribution in [1.82, 2.24) is 10.3 Å². The van der Waals surface area contributed by atoms with E-state index in [1.807, 2.05) is 18.3 Å². The van der Waals surface area contributed by atoms with Gasteiger partial charge in [-0.05, 0) is 50.8 Å². The van der Waals surface area contributed by atoms with Crippen LogP contribution >= 0.6 is 0 Å². The van der Waals surface area contributed by atoms with Crippen molar-refractivity contribution in [1.29, 1.82) is 0 Å². The quantitative estimate of drug-likeness (QED) is 0.867. The monoisotopic (exact) mass is 277 g/mol. The summed E-state index contributed by atoms with van der Waals surface area (Å²) in [5.74, 6) is 2.55. The predicted octanol–water partition coefficient (Wildman–Crippen LogP) is 2.69. The van der Waals surface area contributed by atoms with E-state index in [0.717, 1.165) is 31.2 Å². The number of hydrogen-bond donors (Lipinski definition) is 1. The standard InChI is InChI=1S/C16H27N3O/c1-4-9-17-13(2)14-7-6-11-19(12-14)16-15(20-3)8-5-10-18-16/h5,8,10,13-14,17H,4,6-7,9,11-12H2,1-3H3. The topological polar surface area (TPSA) is 37.4 Å². The van der Waals surface area contributed by atoms with E-state index in [1.54, 1.807) is 7.11 Å². The molecule has 0 amide bonds. The molecule has 0 aliphatic carbocycles. The maximum atomic E-state index is 5.44. The van der Waals surface area contributed by atoms with Crippen molar-refractivity contribution in [3.05, 3.63) is 18.3 Å². The summed E-state index contributed by atoms with van der Waals surface area (Å²) < 4.78 is 5.44. The molecule has 1 aromatic rings. The van der Waals surface area contributed by atoms with Gasteiger partial charge in [0.15, 0.2) is 11.6 Å². The van der Waals surface area contributed by atoms with Gasteiger partial charge in [-0.25, -0.2) is 4.98 Å². The second kappa shape index (κ2) is 7.48.